The average molecular weight is 341 g/mol. The Morgan fingerprint density at radius 2 is 1.64 bits per heavy atom. The Morgan fingerprint density at radius 1 is 1.00 bits per heavy atom. The number of ether oxygens (including phenoxy) is 3. The third-order valence-corrected chi connectivity index (χ3v) is 4.52. The predicted octanol–water partition coefficient (Wildman–Crippen LogP) is 3.05. The van der Waals surface area contributed by atoms with Gasteiger partial charge < -0.3 is 19.1 Å². The molecule has 0 saturated carbocycles. The first-order valence-electron chi connectivity index (χ1n) is 8.27. The van der Waals surface area contributed by atoms with Crippen molar-refractivity contribution in [3.8, 4) is 11.5 Å². The molecule has 3 rings (SSSR count). The van der Waals surface area contributed by atoms with Crippen molar-refractivity contribution in [2.45, 2.75) is 19.6 Å². The van der Waals surface area contributed by atoms with E-state index in [1.807, 2.05) is 41.3 Å². The maximum atomic E-state index is 12.8. The first-order valence-corrected chi connectivity index (χ1v) is 8.27. The van der Waals surface area contributed by atoms with Crippen molar-refractivity contribution >= 4 is 5.91 Å². The van der Waals surface area contributed by atoms with E-state index in [-0.39, 0.29) is 5.91 Å². The van der Waals surface area contributed by atoms with Gasteiger partial charge >= 0.3 is 0 Å². The summed E-state index contributed by atoms with van der Waals surface area (Å²) in [4.78, 5) is 14.7. The van der Waals surface area contributed by atoms with Crippen LogP contribution in [0.2, 0.25) is 0 Å². The van der Waals surface area contributed by atoms with Crippen molar-refractivity contribution in [3.63, 3.8) is 0 Å². The second-order valence-corrected chi connectivity index (χ2v) is 6.08. The van der Waals surface area contributed by atoms with Crippen molar-refractivity contribution < 1.29 is 19.0 Å². The molecule has 0 unspecified atom stereocenters. The van der Waals surface area contributed by atoms with Crippen LogP contribution in [0.4, 0.5) is 0 Å². The number of benzene rings is 2. The Balaban J connectivity index is 1.78. The molecule has 1 aliphatic heterocycles. The van der Waals surface area contributed by atoms with Gasteiger partial charge in [-0.2, -0.15) is 0 Å². The van der Waals surface area contributed by atoms with E-state index in [0.717, 1.165) is 23.3 Å². The molecule has 0 atom stereocenters. The van der Waals surface area contributed by atoms with Crippen LogP contribution in [-0.2, 0) is 24.3 Å². The minimum Gasteiger partial charge on any atom is -0.493 e. The molecule has 132 valence electrons. The van der Waals surface area contributed by atoms with Crippen LogP contribution in [-0.4, -0.2) is 38.7 Å². The average Bonchev–Trinajstić information content (AvgIpc) is 2.66. The third kappa shape index (κ3) is 3.61. The lowest BCUT2D eigenvalue weighted by Crippen LogP contribution is -2.36. The van der Waals surface area contributed by atoms with Crippen LogP contribution in [0.1, 0.15) is 27.0 Å². The van der Waals surface area contributed by atoms with E-state index in [9.17, 15) is 4.79 Å². The van der Waals surface area contributed by atoms with Crippen molar-refractivity contribution in [2.24, 2.45) is 0 Å². The van der Waals surface area contributed by atoms with Crippen LogP contribution in [0.3, 0.4) is 0 Å². The van der Waals surface area contributed by atoms with Gasteiger partial charge in [0.15, 0.2) is 11.5 Å². The molecular formula is C20H23NO4. The van der Waals surface area contributed by atoms with Gasteiger partial charge in [0.1, 0.15) is 0 Å². The number of carbonyl (C=O) groups excluding carboxylic acids is 1. The number of hydrogen-bond donors (Lipinski definition) is 0. The van der Waals surface area contributed by atoms with Gasteiger partial charge in [0.05, 0.1) is 20.8 Å². The Labute approximate surface area is 148 Å². The summed E-state index contributed by atoms with van der Waals surface area (Å²) in [7, 11) is 4.92. The standard InChI is InChI=1S/C20H23NO4/c1-23-13-14-4-6-15(7-5-14)20(22)21-9-8-16-10-18(24-2)19(25-3)11-17(16)12-21/h4-7,10-11H,8-9,12-13H2,1-3H3. The highest BCUT2D eigenvalue weighted by Crippen LogP contribution is 2.33. The number of nitrogens with zero attached hydrogens (tertiary/aromatic N) is 1. The second-order valence-electron chi connectivity index (χ2n) is 6.08. The molecule has 1 aliphatic rings. The summed E-state index contributed by atoms with van der Waals surface area (Å²) < 4.78 is 15.8. The largest absolute Gasteiger partial charge is 0.493 e. The molecule has 5 heteroatoms. The smallest absolute Gasteiger partial charge is 0.254 e. The summed E-state index contributed by atoms with van der Waals surface area (Å²) in [5.74, 6) is 1.47. The molecule has 2 aromatic rings. The Bertz CT molecular complexity index is 755. The van der Waals surface area contributed by atoms with Gasteiger partial charge in [-0.15, -0.1) is 0 Å². The molecule has 1 heterocycles. The normalized spacial score (nSPS) is 13.3. The molecule has 0 spiro atoms. The highest BCUT2D eigenvalue weighted by Gasteiger charge is 2.23. The zero-order chi connectivity index (χ0) is 17.8. The van der Waals surface area contributed by atoms with Crippen LogP contribution in [0.5, 0.6) is 11.5 Å². The summed E-state index contributed by atoms with van der Waals surface area (Å²) in [5, 5.41) is 0. The highest BCUT2D eigenvalue weighted by atomic mass is 16.5. The molecule has 0 N–H and O–H groups in total. The highest BCUT2D eigenvalue weighted by molar-refractivity contribution is 5.94. The topological polar surface area (TPSA) is 48.0 Å². The predicted molar refractivity (Wildman–Crippen MR) is 95.1 cm³/mol. The molecule has 25 heavy (non-hydrogen) atoms. The van der Waals surface area contributed by atoms with Gasteiger partial charge in [0.25, 0.3) is 5.91 Å². The zero-order valence-electron chi connectivity index (χ0n) is 14.9. The molecule has 0 saturated heterocycles. The lowest BCUT2D eigenvalue weighted by Gasteiger charge is -2.29. The van der Waals surface area contributed by atoms with E-state index in [0.29, 0.717) is 31.0 Å². The summed E-state index contributed by atoms with van der Waals surface area (Å²) in [6, 6.07) is 11.6. The van der Waals surface area contributed by atoms with Gasteiger partial charge in [-0.25, -0.2) is 0 Å². The minimum atomic E-state index is 0.0457. The molecule has 0 aliphatic carbocycles. The molecule has 0 bridgehead atoms. The number of amides is 1. The van der Waals surface area contributed by atoms with Crippen LogP contribution in [0.15, 0.2) is 36.4 Å². The summed E-state index contributed by atoms with van der Waals surface area (Å²) in [6.07, 6.45) is 0.809. The second kappa shape index (κ2) is 7.57. The Kier molecular flexibility index (Phi) is 5.24. The molecule has 0 fully saturated rings. The van der Waals surface area contributed by atoms with E-state index >= 15 is 0 Å². The van der Waals surface area contributed by atoms with E-state index in [4.69, 9.17) is 14.2 Å². The molecule has 2 aromatic carbocycles. The van der Waals surface area contributed by atoms with Crippen molar-refractivity contribution in [2.75, 3.05) is 27.9 Å². The van der Waals surface area contributed by atoms with Crippen molar-refractivity contribution in [1.29, 1.82) is 0 Å². The number of rotatable bonds is 5. The summed E-state index contributed by atoms with van der Waals surface area (Å²) >= 11 is 0. The van der Waals surface area contributed by atoms with Gasteiger partial charge in [0.2, 0.25) is 0 Å². The molecule has 5 nitrogen and oxygen atoms in total. The van der Waals surface area contributed by atoms with Gasteiger partial charge in [-0.05, 0) is 47.4 Å². The lowest BCUT2D eigenvalue weighted by atomic mass is 9.98. The van der Waals surface area contributed by atoms with Crippen LogP contribution in [0, 0.1) is 0 Å². The third-order valence-electron chi connectivity index (χ3n) is 4.52. The summed E-state index contributed by atoms with van der Waals surface area (Å²) in [5.41, 5.74) is 4.06. The number of carbonyl (C=O) groups is 1. The maximum absolute atomic E-state index is 12.8. The maximum Gasteiger partial charge on any atom is 0.254 e. The van der Waals surface area contributed by atoms with E-state index in [1.165, 1.54) is 5.56 Å². The number of methoxy groups -OCH3 is 3. The van der Waals surface area contributed by atoms with Gasteiger partial charge in [-0.3, -0.25) is 4.79 Å². The lowest BCUT2D eigenvalue weighted by molar-refractivity contribution is 0.0734. The van der Waals surface area contributed by atoms with E-state index in [1.54, 1.807) is 21.3 Å². The molecular weight excluding hydrogens is 318 g/mol. The quantitative estimate of drug-likeness (QED) is 0.839. The number of hydrogen-bond acceptors (Lipinski definition) is 4. The first-order chi connectivity index (χ1) is 12.2. The monoisotopic (exact) mass is 341 g/mol. The molecule has 0 aromatic heterocycles. The fourth-order valence-corrected chi connectivity index (χ4v) is 3.15. The zero-order valence-corrected chi connectivity index (χ0v) is 14.9. The van der Waals surface area contributed by atoms with Crippen LogP contribution in [0.25, 0.3) is 0 Å². The van der Waals surface area contributed by atoms with Crippen LogP contribution < -0.4 is 9.47 Å². The minimum absolute atomic E-state index is 0.0457. The van der Waals surface area contributed by atoms with E-state index in [2.05, 4.69) is 0 Å². The summed E-state index contributed by atoms with van der Waals surface area (Å²) in [6.45, 7) is 1.82. The SMILES string of the molecule is COCc1ccc(C(=O)N2CCc3cc(OC)c(OC)cc3C2)cc1. The number of fused-ring (bicyclic) bond motifs is 1. The fourth-order valence-electron chi connectivity index (χ4n) is 3.15. The first kappa shape index (κ1) is 17.3. The van der Waals surface area contributed by atoms with Crippen molar-refractivity contribution in [3.05, 3.63) is 58.7 Å². The van der Waals surface area contributed by atoms with Gasteiger partial charge in [-0.1, -0.05) is 12.1 Å². The Hall–Kier alpha value is -2.53. The fraction of sp³-hybridized carbons (Fsp3) is 0.350. The molecule has 0 radical (unpaired) electrons. The Morgan fingerprint density at radius 3 is 2.24 bits per heavy atom. The van der Waals surface area contributed by atoms with Crippen molar-refractivity contribution in [1.82, 2.24) is 4.90 Å². The van der Waals surface area contributed by atoms with E-state index < -0.39 is 0 Å². The molecule has 1 amide bonds. The van der Waals surface area contributed by atoms with Crippen LogP contribution >= 0.6 is 0 Å². The van der Waals surface area contributed by atoms with Gasteiger partial charge in [0, 0.05) is 25.8 Å².